The summed E-state index contributed by atoms with van der Waals surface area (Å²) in [6.45, 7) is 0. The van der Waals surface area contributed by atoms with Crippen LogP contribution in [0.2, 0.25) is 0 Å². The lowest BCUT2D eigenvalue weighted by atomic mass is 10.00. The van der Waals surface area contributed by atoms with Gasteiger partial charge in [-0.25, -0.2) is 14.8 Å². The quantitative estimate of drug-likeness (QED) is 0.593. The number of hydrogen-bond donors (Lipinski definition) is 1. The number of aromatic nitrogens is 3. The third kappa shape index (κ3) is 2.92. The zero-order chi connectivity index (χ0) is 17.2. The van der Waals surface area contributed by atoms with Gasteiger partial charge in [-0.2, -0.15) is 0 Å². The fraction of sp³-hybridized carbons (Fsp3) is 0. The molecule has 1 aromatic carbocycles. The molecule has 122 valence electrons. The third-order valence-corrected chi connectivity index (χ3v) is 4.63. The van der Waals surface area contributed by atoms with Gasteiger partial charge in [-0.05, 0) is 11.6 Å². The van der Waals surface area contributed by atoms with Gasteiger partial charge in [-0.15, -0.1) is 11.3 Å². The van der Waals surface area contributed by atoms with E-state index in [4.69, 9.17) is 9.52 Å². The molecule has 0 radical (unpaired) electrons. The third-order valence-electron chi connectivity index (χ3n) is 3.62. The van der Waals surface area contributed by atoms with E-state index in [9.17, 15) is 4.79 Å². The van der Waals surface area contributed by atoms with Crippen molar-refractivity contribution in [3.8, 4) is 33.2 Å². The van der Waals surface area contributed by atoms with Crippen LogP contribution in [0.25, 0.3) is 33.2 Å². The monoisotopic (exact) mass is 349 g/mol. The topological polar surface area (TPSA) is 89.1 Å². The minimum Gasteiger partial charge on any atom is -0.477 e. The molecular weight excluding hydrogens is 338 g/mol. The molecule has 0 amide bonds. The number of carboxylic acid groups (broad SMARTS) is 1. The van der Waals surface area contributed by atoms with Gasteiger partial charge in [0.15, 0.2) is 12.2 Å². The lowest BCUT2D eigenvalue weighted by molar-refractivity contribution is 0.0702. The minimum atomic E-state index is -1.000. The number of rotatable bonds is 4. The van der Waals surface area contributed by atoms with E-state index in [0.29, 0.717) is 16.5 Å². The number of benzene rings is 1. The Labute approximate surface area is 146 Å². The maximum atomic E-state index is 11.1. The van der Waals surface area contributed by atoms with Crippen LogP contribution < -0.4 is 0 Å². The van der Waals surface area contributed by atoms with Crippen molar-refractivity contribution >= 4 is 17.3 Å². The van der Waals surface area contributed by atoms with E-state index >= 15 is 0 Å². The lowest BCUT2D eigenvalue weighted by Crippen LogP contribution is -1.90. The van der Waals surface area contributed by atoms with Gasteiger partial charge in [0.1, 0.15) is 9.88 Å². The first kappa shape index (κ1) is 15.2. The van der Waals surface area contributed by atoms with Gasteiger partial charge in [-0.3, -0.25) is 4.98 Å². The van der Waals surface area contributed by atoms with Crippen LogP contribution in [0.4, 0.5) is 0 Å². The summed E-state index contributed by atoms with van der Waals surface area (Å²) in [5, 5.41) is 9.61. The molecule has 0 saturated carbocycles. The standard InChI is InChI=1S/C18H11N3O3S/c22-18(23)16-9-21-17(25-16)14-6-12(15-8-19-10-24-15)13(7-20-14)11-4-2-1-3-5-11/h1-10H,(H,22,23). The van der Waals surface area contributed by atoms with Crippen LogP contribution in [0.1, 0.15) is 9.67 Å². The predicted molar refractivity (Wildman–Crippen MR) is 93.2 cm³/mol. The largest absolute Gasteiger partial charge is 0.477 e. The molecule has 0 saturated heterocycles. The van der Waals surface area contributed by atoms with Crippen molar-refractivity contribution < 1.29 is 14.3 Å². The van der Waals surface area contributed by atoms with Gasteiger partial charge in [-0.1, -0.05) is 30.3 Å². The van der Waals surface area contributed by atoms with Crippen LogP contribution in [-0.2, 0) is 0 Å². The first-order chi connectivity index (χ1) is 12.2. The van der Waals surface area contributed by atoms with Crippen molar-refractivity contribution in [2.45, 2.75) is 0 Å². The summed E-state index contributed by atoms with van der Waals surface area (Å²) in [5.74, 6) is -0.391. The first-order valence-electron chi connectivity index (χ1n) is 7.36. The molecule has 0 unspecified atom stereocenters. The zero-order valence-electron chi connectivity index (χ0n) is 12.8. The van der Waals surface area contributed by atoms with E-state index in [0.717, 1.165) is 28.0 Å². The number of carboxylic acids is 1. The summed E-state index contributed by atoms with van der Waals surface area (Å²) in [6, 6.07) is 11.7. The number of aromatic carboxylic acids is 1. The second-order valence-electron chi connectivity index (χ2n) is 5.18. The normalized spacial score (nSPS) is 10.7. The second kappa shape index (κ2) is 6.29. The second-order valence-corrected chi connectivity index (χ2v) is 6.21. The van der Waals surface area contributed by atoms with E-state index in [1.54, 1.807) is 12.4 Å². The van der Waals surface area contributed by atoms with Crippen LogP contribution in [0.5, 0.6) is 0 Å². The smallest absolute Gasteiger partial charge is 0.347 e. The van der Waals surface area contributed by atoms with Crippen molar-refractivity contribution in [3.63, 3.8) is 0 Å². The van der Waals surface area contributed by atoms with E-state index in [1.165, 1.54) is 12.6 Å². The summed E-state index contributed by atoms with van der Waals surface area (Å²) in [6.07, 6.45) is 6.08. The average molecular weight is 349 g/mol. The number of pyridine rings is 1. The van der Waals surface area contributed by atoms with E-state index in [-0.39, 0.29) is 4.88 Å². The van der Waals surface area contributed by atoms with Gasteiger partial charge in [0.05, 0.1) is 18.1 Å². The highest BCUT2D eigenvalue weighted by atomic mass is 32.1. The summed E-state index contributed by atoms with van der Waals surface area (Å²) in [4.78, 5) is 23.8. The van der Waals surface area contributed by atoms with Gasteiger partial charge >= 0.3 is 5.97 Å². The van der Waals surface area contributed by atoms with E-state index in [2.05, 4.69) is 15.0 Å². The number of hydrogen-bond acceptors (Lipinski definition) is 6. The Kier molecular flexibility index (Phi) is 3.83. The fourth-order valence-corrected chi connectivity index (χ4v) is 3.19. The molecule has 4 aromatic rings. The van der Waals surface area contributed by atoms with Gasteiger partial charge < -0.3 is 9.52 Å². The average Bonchev–Trinajstić information content (AvgIpc) is 3.34. The Morgan fingerprint density at radius 1 is 1.04 bits per heavy atom. The SMILES string of the molecule is O=C(O)c1cnc(-c2cc(-c3cnco3)c(-c3ccccc3)cn2)s1. The zero-order valence-corrected chi connectivity index (χ0v) is 13.6. The maximum Gasteiger partial charge on any atom is 0.347 e. The van der Waals surface area contributed by atoms with Gasteiger partial charge in [0.2, 0.25) is 0 Å². The molecule has 0 aliphatic rings. The molecule has 0 fully saturated rings. The Balaban J connectivity index is 1.86. The minimum absolute atomic E-state index is 0.171. The van der Waals surface area contributed by atoms with Crippen LogP contribution in [-0.4, -0.2) is 26.0 Å². The number of oxazole rings is 1. The highest BCUT2D eigenvalue weighted by Crippen LogP contribution is 2.35. The van der Waals surface area contributed by atoms with E-state index < -0.39 is 5.97 Å². The maximum absolute atomic E-state index is 11.1. The number of thiazole rings is 1. The highest BCUT2D eigenvalue weighted by molar-refractivity contribution is 7.16. The Morgan fingerprint density at radius 3 is 2.56 bits per heavy atom. The van der Waals surface area contributed by atoms with Crippen molar-refractivity contribution in [3.05, 3.63) is 66.3 Å². The summed E-state index contributed by atoms with van der Waals surface area (Å²) < 4.78 is 5.47. The Bertz CT molecular complexity index is 1030. The summed E-state index contributed by atoms with van der Waals surface area (Å²) in [7, 11) is 0. The van der Waals surface area contributed by atoms with Crippen LogP contribution in [0.15, 0.2) is 65.8 Å². The Morgan fingerprint density at radius 2 is 1.88 bits per heavy atom. The number of carbonyl (C=O) groups is 1. The summed E-state index contributed by atoms with van der Waals surface area (Å²) >= 11 is 1.08. The molecule has 3 aromatic heterocycles. The van der Waals surface area contributed by atoms with Crippen LogP contribution in [0, 0.1) is 0 Å². The van der Waals surface area contributed by atoms with E-state index in [1.807, 2.05) is 36.4 Å². The van der Waals surface area contributed by atoms with Crippen LogP contribution in [0.3, 0.4) is 0 Å². The summed E-state index contributed by atoms with van der Waals surface area (Å²) in [5.41, 5.74) is 3.30. The molecule has 25 heavy (non-hydrogen) atoms. The molecule has 1 N–H and O–H groups in total. The van der Waals surface area contributed by atoms with Crippen LogP contribution >= 0.6 is 11.3 Å². The van der Waals surface area contributed by atoms with Crippen molar-refractivity contribution in [1.82, 2.24) is 15.0 Å². The Hall–Kier alpha value is -3.32. The van der Waals surface area contributed by atoms with Gasteiger partial charge in [0.25, 0.3) is 0 Å². The van der Waals surface area contributed by atoms with Gasteiger partial charge in [0, 0.05) is 17.3 Å². The molecule has 4 rings (SSSR count). The lowest BCUT2D eigenvalue weighted by Gasteiger charge is -2.08. The van der Waals surface area contributed by atoms with Crippen molar-refractivity contribution in [2.75, 3.05) is 0 Å². The molecule has 0 atom stereocenters. The number of nitrogens with zero attached hydrogens (tertiary/aromatic N) is 3. The molecule has 0 bridgehead atoms. The predicted octanol–water partition coefficient (Wildman–Crippen LogP) is 4.23. The molecule has 0 aliphatic carbocycles. The first-order valence-corrected chi connectivity index (χ1v) is 8.18. The molecule has 6 nitrogen and oxygen atoms in total. The van der Waals surface area contributed by atoms with Crippen molar-refractivity contribution in [2.24, 2.45) is 0 Å². The molecular formula is C18H11N3O3S. The molecule has 3 heterocycles. The molecule has 7 heteroatoms. The fourth-order valence-electron chi connectivity index (χ4n) is 2.46. The van der Waals surface area contributed by atoms with Crippen molar-refractivity contribution in [1.29, 1.82) is 0 Å². The highest BCUT2D eigenvalue weighted by Gasteiger charge is 2.16. The molecule has 0 spiro atoms. The molecule has 0 aliphatic heterocycles.